The predicted octanol–water partition coefficient (Wildman–Crippen LogP) is 1.71. The Morgan fingerprint density at radius 2 is 2.18 bits per heavy atom. The van der Waals surface area contributed by atoms with E-state index in [0.29, 0.717) is 19.4 Å². The second kappa shape index (κ2) is 6.10. The van der Waals surface area contributed by atoms with Gasteiger partial charge in [0.2, 0.25) is 0 Å². The second-order valence-electron chi connectivity index (χ2n) is 4.34. The fraction of sp³-hybridized carbons (Fsp3) is 0.538. The molecule has 0 bridgehead atoms. The third-order valence-corrected chi connectivity index (χ3v) is 2.80. The van der Waals surface area contributed by atoms with E-state index in [1.54, 1.807) is 12.1 Å². The van der Waals surface area contributed by atoms with Gasteiger partial charge < -0.3 is 15.6 Å². The molecule has 1 unspecified atom stereocenters. The van der Waals surface area contributed by atoms with Crippen molar-refractivity contribution in [2.45, 2.75) is 25.4 Å². The van der Waals surface area contributed by atoms with E-state index in [1.807, 2.05) is 6.92 Å². The Morgan fingerprint density at radius 3 is 2.76 bits per heavy atom. The summed E-state index contributed by atoms with van der Waals surface area (Å²) in [5, 5.41) is 10.5. The van der Waals surface area contributed by atoms with Crippen molar-refractivity contribution < 1.29 is 14.2 Å². The number of halogens is 1. The maximum absolute atomic E-state index is 13.8. The third kappa shape index (κ3) is 3.49. The van der Waals surface area contributed by atoms with Crippen LogP contribution < -0.4 is 5.73 Å². The lowest BCUT2D eigenvalue weighted by Crippen LogP contribution is -2.33. The lowest BCUT2D eigenvalue weighted by atomic mass is 9.88. The summed E-state index contributed by atoms with van der Waals surface area (Å²) >= 11 is 0. The van der Waals surface area contributed by atoms with E-state index in [-0.39, 0.29) is 12.2 Å². The molecule has 1 atom stereocenters. The van der Waals surface area contributed by atoms with Crippen LogP contribution in [-0.2, 0) is 10.3 Å². The summed E-state index contributed by atoms with van der Waals surface area (Å²) in [4.78, 5) is 0. The van der Waals surface area contributed by atoms with Crippen molar-refractivity contribution in [2.75, 3.05) is 20.3 Å². The summed E-state index contributed by atoms with van der Waals surface area (Å²) in [7, 11) is 1.49. The van der Waals surface area contributed by atoms with Gasteiger partial charge in [0.15, 0.2) is 0 Å². The summed E-state index contributed by atoms with van der Waals surface area (Å²) in [6.07, 6.45) is 1.00. The number of ether oxygens (including phenoxy) is 1. The Labute approximate surface area is 101 Å². The molecule has 0 spiro atoms. The molecular weight excluding hydrogens is 221 g/mol. The molecule has 0 amide bonds. The molecule has 0 heterocycles. The van der Waals surface area contributed by atoms with E-state index in [1.165, 1.54) is 13.2 Å². The minimum atomic E-state index is -1.30. The Balaban J connectivity index is 3.07. The topological polar surface area (TPSA) is 55.5 Å². The Morgan fingerprint density at radius 1 is 1.47 bits per heavy atom. The fourth-order valence-electron chi connectivity index (χ4n) is 1.91. The number of methoxy groups -OCH3 is 1. The molecule has 0 radical (unpaired) electrons. The summed E-state index contributed by atoms with van der Waals surface area (Å²) in [6.45, 7) is 2.38. The van der Waals surface area contributed by atoms with Gasteiger partial charge in [-0.25, -0.2) is 4.39 Å². The first-order valence-corrected chi connectivity index (χ1v) is 5.71. The highest BCUT2D eigenvalue weighted by Crippen LogP contribution is 2.29. The monoisotopic (exact) mass is 241 g/mol. The molecule has 17 heavy (non-hydrogen) atoms. The minimum absolute atomic E-state index is 0.0629. The maximum atomic E-state index is 13.8. The van der Waals surface area contributed by atoms with Gasteiger partial charge in [-0.1, -0.05) is 17.7 Å². The highest BCUT2D eigenvalue weighted by Gasteiger charge is 2.31. The van der Waals surface area contributed by atoms with Crippen LogP contribution in [0.2, 0.25) is 0 Å². The van der Waals surface area contributed by atoms with Crippen molar-refractivity contribution in [1.29, 1.82) is 0 Å². The molecule has 0 aliphatic rings. The number of aliphatic hydroxyl groups is 1. The van der Waals surface area contributed by atoms with E-state index < -0.39 is 11.4 Å². The Bertz CT molecular complexity index is 370. The van der Waals surface area contributed by atoms with Crippen LogP contribution in [0.4, 0.5) is 4.39 Å². The zero-order valence-electron chi connectivity index (χ0n) is 10.4. The average molecular weight is 241 g/mol. The standard InChI is InChI=1S/C13H20FNO2/c1-10-4-5-12(14)11(8-10)13(16,9-17-2)6-3-7-15/h4-5,8,16H,3,6-7,9,15H2,1-2H3. The van der Waals surface area contributed by atoms with E-state index in [2.05, 4.69) is 0 Å². The Hall–Kier alpha value is -0.970. The average Bonchev–Trinajstić information content (AvgIpc) is 2.30. The van der Waals surface area contributed by atoms with E-state index >= 15 is 0 Å². The Kier molecular flexibility index (Phi) is 5.05. The summed E-state index contributed by atoms with van der Waals surface area (Å²) < 4.78 is 18.8. The normalized spacial score (nSPS) is 14.6. The van der Waals surface area contributed by atoms with Crippen molar-refractivity contribution in [2.24, 2.45) is 5.73 Å². The molecule has 0 aliphatic carbocycles. The van der Waals surface area contributed by atoms with E-state index in [9.17, 15) is 9.50 Å². The third-order valence-electron chi connectivity index (χ3n) is 2.80. The van der Waals surface area contributed by atoms with Gasteiger partial charge in [-0.15, -0.1) is 0 Å². The lowest BCUT2D eigenvalue weighted by Gasteiger charge is -2.28. The van der Waals surface area contributed by atoms with Crippen molar-refractivity contribution in [3.8, 4) is 0 Å². The number of rotatable bonds is 6. The summed E-state index contributed by atoms with van der Waals surface area (Å²) in [5.74, 6) is -0.410. The summed E-state index contributed by atoms with van der Waals surface area (Å²) in [5.41, 5.74) is 5.32. The van der Waals surface area contributed by atoms with Crippen molar-refractivity contribution in [1.82, 2.24) is 0 Å². The number of benzene rings is 1. The predicted molar refractivity (Wildman–Crippen MR) is 65.2 cm³/mol. The molecule has 1 aromatic rings. The van der Waals surface area contributed by atoms with Gasteiger partial charge in [0.25, 0.3) is 0 Å². The number of hydrogen-bond acceptors (Lipinski definition) is 3. The molecule has 4 heteroatoms. The molecule has 0 saturated heterocycles. The molecule has 3 nitrogen and oxygen atoms in total. The zero-order chi connectivity index (χ0) is 12.9. The van der Waals surface area contributed by atoms with Crippen LogP contribution >= 0.6 is 0 Å². The SMILES string of the molecule is COCC(O)(CCCN)c1cc(C)ccc1F. The zero-order valence-corrected chi connectivity index (χ0v) is 10.4. The highest BCUT2D eigenvalue weighted by atomic mass is 19.1. The lowest BCUT2D eigenvalue weighted by molar-refractivity contribution is -0.0453. The van der Waals surface area contributed by atoms with Crippen LogP contribution in [0.25, 0.3) is 0 Å². The first-order chi connectivity index (χ1) is 8.03. The van der Waals surface area contributed by atoms with Gasteiger partial charge in [0.1, 0.15) is 11.4 Å². The fourth-order valence-corrected chi connectivity index (χ4v) is 1.91. The van der Waals surface area contributed by atoms with Gasteiger partial charge in [0.05, 0.1) is 6.61 Å². The van der Waals surface area contributed by atoms with E-state index in [0.717, 1.165) is 5.56 Å². The largest absolute Gasteiger partial charge is 0.383 e. The molecule has 1 rings (SSSR count). The number of hydrogen-bond donors (Lipinski definition) is 2. The number of aryl methyl sites for hydroxylation is 1. The van der Waals surface area contributed by atoms with Crippen LogP contribution in [0.3, 0.4) is 0 Å². The van der Waals surface area contributed by atoms with E-state index in [4.69, 9.17) is 10.5 Å². The van der Waals surface area contributed by atoms with Crippen molar-refractivity contribution >= 4 is 0 Å². The molecule has 3 N–H and O–H groups in total. The molecule has 0 saturated carbocycles. The maximum Gasteiger partial charge on any atom is 0.129 e. The van der Waals surface area contributed by atoms with Gasteiger partial charge in [-0.3, -0.25) is 0 Å². The second-order valence-corrected chi connectivity index (χ2v) is 4.34. The molecule has 1 aromatic carbocycles. The van der Waals surface area contributed by atoms with Crippen LogP contribution in [0.1, 0.15) is 24.0 Å². The first-order valence-electron chi connectivity index (χ1n) is 5.71. The minimum Gasteiger partial charge on any atom is -0.383 e. The molecular formula is C13H20FNO2. The molecule has 96 valence electrons. The van der Waals surface area contributed by atoms with Gasteiger partial charge in [0, 0.05) is 12.7 Å². The molecule has 0 aromatic heterocycles. The van der Waals surface area contributed by atoms with Gasteiger partial charge >= 0.3 is 0 Å². The van der Waals surface area contributed by atoms with Crippen molar-refractivity contribution in [3.05, 3.63) is 35.1 Å². The van der Waals surface area contributed by atoms with Crippen molar-refractivity contribution in [3.63, 3.8) is 0 Å². The smallest absolute Gasteiger partial charge is 0.129 e. The number of nitrogens with two attached hydrogens (primary N) is 1. The molecule has 0 fully saturated rings. The van der Waals surface area contributed by atoms with Gasteiger partial charge in [-0.2, -0.15) is 0 Å². The van der Waals surface area contributed by atoms with Crippen LogP contribution in [0.5, 0.6) is 0 Å². The molecule has 0 aliphatic heterocycles. The summed E-state index contributed by atoms with van der Waals surface area (Å²) in [6, 6.07) is 4.70. The van der Waals surface area contributed by atoms with Gasteiger partial charge in [-0.05, 0) is 32.4 Å². The first kappa shape index (κ1) is 14.1. The van der Waals surface area contributed by atoms with Crippen LogP contribution in [0.15, 0.2) is 18.2 Å². The van der Waals surface area contributed by atoms with Crippen LogP contribution in [-0.4, -0.2) is 25.4 Å². The quantitative estimate of drug-likeness (QED) is 0.797. The highest BCUT2D eigenvalue weighted by molar-refractivity contribution is 5.29. The van der Waals surface area contributed by atoms with Crippen LogP contribution in [0, 0.1) is 12.7 Å².